The van der Waals surface area contributed by atoms with Crippen LogP contribution in [-0.2, 0) is 42.1 Å². The predicted molar refractivity (Wildman–Crippen MR) is 259 cm³/mol. The summed E-state index contributed by atoms with van der Waals surface area (Å²) in [4.78, 5) is 36.6. The molecule has 0 aromatic heterocycles. The zero-order chi connectivity index (χ0) is 50.9. The Bertz CT molecular complexity index is 1390. The first-order valence-corrected chi connectivity index (χ1v) is 28.0. The third-order valence-corrected chi connectivity index (χ3v) is 14.0. The zero-order valence-electron chi connectivity index (χ0n) is 41.9. The van der Waals surface area contributed by atoms with Crippen LogP contribution in [0.1, 0.15) is 200 Å². The molecule has 406 valence electrons. The van der Waals surface area contributed by atoms with Gasteiger partial charge in [-0.3, -0.25) is 18.6 Å². The van der Waals surface area contributed by atoms with Gasteiger partial charge in [0.05, 0.1) is 13.2 Å². The van der Waals surface area contributed by atoms with E-state index in [2.05, 4.69) is 26.0 Å². The van der Waals surface area contributed by atoms with Crippen molar-refractivity contribution in [2.45, 2.75) is 273 Å². The van der Waals surface area contributed by atoms with Crippen LogP contribution < -0.4 is 0 Å². The molecule has 0 radical (unpaired) electrons. The number of carbonyl (C=O) groups is 2. The average molecular weight is 1010 g/mol. The molecule has 0 aromatic rings. The van der Waals surface area contributed by atoms with Crippen LogP contribution in [0.3, 0.4) is 0 Å². The number of hydrogen-bond donors (Lipinski definition) is 9. The SMILES string of the molecule is CCCCCCCC/C=C\CCCCCCCC(=O)O[C@H](COC(=O)CCCCCCCCCCCCCCCC)COP(=O)(O)O[C@@H]1C(O)C(O)[C@@H](O)C(O)[C@H]1O[C@H]1OC(CO)[C@@H](O)C(O)[C@H]1O. The molecular formula is C50H93O18P. The fourth-order valence-electron chi connectivity index (χ4n) is 8.58. The number of rotatable bonds is 41. The van der Waals surface area contributed by atoms with Gasteiger partial charge in [-0.05, 0) is 38.5 Å². The summed E-state index contributed by atoms with van der Waals surface area (Å²) in [7, 11) is -5.37. The number of hydrogen-bond acceptors (Lipinski definition) is 17. The molecular weight excluding hydrogens is 920 g/mol. The third-order valence-electron chi connectivity index (χ3n) is 13.0. The second-order valence-corrected chi connectivity index (χ2v) is 20.5. The van der Waals surface area contributed by atoms with Gasteiger partial charge in [-0.25, -0.2) is 4.57 Å². The van der Waals surface area contributed by atoms with Crippen LogP contribution in [-0.4, -0.2) is 151 Å². The van der Waals surface area contributed by atoms with E-state index in [1.54, 1.807) is 0 Å². The minimum Gasteiger partial charge on any atom is -0.462 e. The van der Waals surface area contributed by atoms with E-state index in [9.17, 15) is 59.9 Å². The molecule has 9 N–H and O–H groups in total. The Morgan fingerprint density at radius 2 is 0.957 bits per heavy atom. The molecule has 1 heterocycles. The lowest BCUT2D eigenvalue weighted by molar-refractivity contribution is -0.338. The van der Waals surface area contributed by atoms with Gasteiger partial charge in [0, 0.05) is 12.8 Å². The number of phosphoric acid groups is 1. The van der Waals surface area contributed by atoms with E-state index in [1.807, 2.05) is 0 Å². The van der Waals surface area contributed by atoms with Crippen LogP contribution >= 0.6 is 7.82 Å². The average Bonchev–Trinajstić information content (AvgIpc) is 3.33. The van der Waals surface area contributed by atoms with Gasteiger partial charge in [-0.15, -0.1) is 0 Å². The molecule has 2 rings (SSSR count). The van der Waals surface area contributed by atoms with Gasteiger partial charge < -0.3 is 64.7 Å². The maximum absolute atomic E-state index is 13.4. The van der Waals surface area contributed by atoms with Crippen molar-refractivity contribution in [3.05, 3.63) is 12.2 Å². The van der Waals surface area contributed by atoms with Crippen molar-refractivity contribution in [2.75, 3.05) is 19.8 Å². The van der Waals surface area contributed by atoms with Crippen molar-refractivity contribution in [1.82, 2.24) is 0 Å². The van der Waals surface area contributed by atoms with E-state index >= 15 is 0 Å². The quantitative estimate of drug-likeness (QED) is 0.0137. The lowest BCUT2D eigenvalue weighted by atomic mass is 9.84. The molecule has 19 heteroatoms. The summed E-state index contributed by atoms with van der Waals surface area (Å²) in [5, 5.41) is 83.0. The molecule has 0 amide bonds. The van der Waals surface area contributed by atoms with Gasteiger partial charge >= 0.3 is 19.8 Å². The summed E-state index contributed by atoms with van der Waals surface area (Å²) >= 11 is 0. The number of unbranched alkanes of at least 4 members (excludes halogenated alkanes) is 24. The first-order valence-electron chi connectivity index (χ1n) is 26.5. The fraction of sp³-hybridized carbons (Fsp3) is 0.920. The van der Waals surface area contributed by atoms with Crippen LogP contribution in [0.5, 0.6) is 0 Å². The summed E-state index contributed by atoms with van der Waals surface area (Å²) in [6, 6.07) is 0. The van der Waals surface area contributed by atoms with Crippen LogP contribution in [0.25, 0.3) is 0 Å². The molecule has 2 fully saturated rings. The largest absolute Gasteiger partial charge is 0.472 e. The molecule has 18 nitrogen and oxygen atoms in total. The Morgan fingerprint density at radius 1 is 0.536 bits per heavy atom. The zero-order valence-corrected chi connectivity index (χ0v) is 42.8. The standard InChI is InChI=1S/C50H93O18P/c1-3-5-7-9-11-13-15-17-19-21-23-25-27-29-31-33-40(53)65-37(35-63-39(52)32-30-28-26-24-22-20-18-16-14-12-10-8-6-4-2)36-64-69(61,62)68-49-46(59)44(57)43(56)45(58)48(49)67-50-47(60)42(55)41(54)38(34-51)66-50/h17,19,37-38,41-51,54-60H,3-16,18,20-36H2,1-2H3,(H,61,62)/b19-17-/t37-,38?,41-,42?,43-,44?,45?,46?,47-,48-,49-,50-/m1/s1. The summed E-state index contributed by atoms with van der Waals surface area (Å²) < 4.78 is 45.5. The second-order valence-electron chi connectivity index (χ2n) is 19.1. The van der Waals surface area contributed by atoms with Crippen LogP contribution in [0.15, 0.2) is 12.2 Å². The number of aliphatic hydroxyl groups is 8. The van der Waals surface area contributed by atoms with Gasteiger partial charge in [0.1, 0.15) is 67.6 Å². The molecule has 6 unspecified atom stereocenters. The molecule has 0 bridgehead atoms. The Balaban J connectivity index is 1.93. The maximum Gasteiger partial charge on any atom is 0.472 e. The van der Waals surface area contributed by atoms with Gasteiger partial charge in [0.15, 0.2) is 12.4 Å². The molecule has 0 spiro atoms. The number of ether oxygens (including phenoxy) is 4. The van der Waals surface area contributed by atoms with Gasteiger partial charge in [0.2, 0.25) is 0 Å². The van der Waals surface area contributed by atoms with Crippen molar-refractivity contribution >= 4 is 19.8 Å². The summed E-state index contributed by atoms with van der Waals surface area (Å²) in [5.74, 6) is -1.22. The predicted octanol–water partition coefficient (Wildman–Crippen LogP) is 6.49. The highest BCUT2D eigenvalue weighted by Gasteiger charge is 2.55. The normalized spacial score (nSPS) is 27.6. The van der Waals surface area contributed by atoms with E-state index in [0.717, 1.165) is 64.2 Å². The van der Waals surface area contributed by atoms with Gasteiger partial charge in [0.25, 0.3) is 0 Å². The number of carbonyl (C=O) groups excluding carboxylic acids is 2. The molecule has 1 saturated carbocycles. The first-order chi connectivity index (χ1) is 33.2. The number of allylic oxidation sites excluding steroid dienone is 2. The first kappa shape index (κ1) is 63.5. The van der Waals surface area contributed by atoms with E-state index < -0.39 is 113 Å². The van der Waals surface area contributed by atoms with Crippen LogP contribution in [0.4, 0.5) is 0 Å². The van der Waals surface area contributed by atoms with E-state index in [-0.39, 0.29) is 12.8 Å². The van der Waals surface area contributed by atoms with E-state index in [0.29, 0.717) is 12.8 Å². The molecule has 69 heavy (non-hydrogen) atoms. The molecule has 1 aliphatic carbocycles. The molecule has 13 atom stereocenters. The lowest BCUT2D eigenvalue weighted by Gasteiger charge is -2.47. The van der Waals surface area contributed by atoms with Gasteiger partial charge in [-0.1, -0.05) is 161 Å². The minimum absolute atomic E-state index is 0.0261. The highest BCUT2D eigenvalue weighted by molar-refractivity contribution is 7.47. The van der Waals surface area contributed by atoms with E-state index in [4.69, 9.17) is 28.0 Å². The minimum atomic E-state index is -5.37. The topological polar surface area (TPSA) is 289 Å². The second kappa shape index (κ2) is 38.0. The van der Waals surface area contributed by atoms with Crippen molar-refractivity contribution in [2.24, 2.45) is 0 Å². The monoisotopic (exact) mass is 1010 g/mol. The number of aliphatic hydroxyl groups excluding tert-OH is 8. The maximum atomic E-state index is 13.4. The van der Waals surface area contributed by atoms with E-state index in [1.165, 1.54) is 96.3 Å². The summed E-state index contributed by atoms with van der Waals surface area (Å²) in [6.45, 7) is 2.23. The smallest absolute Gasteiger partial charge is 0.462 e. The Morgan fingerprint density at radius 3 is 1.43 bits per heavy atom. The van der Waals surface area contributed by atoms with Crippen molar-refractivity contribution in [3.63, 3.8) is 0 Å². The van der Waals surface area contributed by atoms with Crippen molar-refractivity contribution < 1.29 is 87.9 Å². The Kier molecular flexibility index (Phi) is 35.0. The van der Waals surface area contributed by atoms with Gasteiger partial charge in [-0.2, -0.15) is 0 Å². The van der Waals surface area contributed by atoms with Crippen LogP contribution in [0, 0.1) is 0 Å². The number of phosphoric ester groups is 1. The number of esters is 2. The molecule has 1 saturated heterocycles. The summed E-state index contributed by atoms with van der Waals surface area (Å²) in [6.07, 6.45) is 11.4. The highest BCUT2D eigenvalue weighted by Crippen LogP contribution is 2.48. The van der Waals surface area contributed by atoms with Crippen molar-refractivity contribution in [3.8, 4) is 0 Å². The lowest BCUT2D eigenvalue weighted by Crippen LogP contribution is -2.67. The fourth-order valence-corrected chi connectivity index (χ4v) is 9.55. The molecule has 2 aliphatic rings. The molecule has 1 aliphatic heterocycles. The molecule has 0 aromatic carbocycles. The Hall–Kier alpha value is -1.61. The van der Waals surface area contributed by atoms with Crippen LogP contribution in [0.2, 0.25) is 0 Å². The summed E-state index contributed by atoms with van der Waals surface area (Å²) in [5.41, 5.74) is 0. The van der Waals surface area contributed by atoms with Crippen molar-refractivity contribution in [1.29, 1.82) is 0 Å². The Labute approximate surface area is 412 Å². The highest BCUT2D eigenvalue weighted by atomic mass is 31.2. The third kappa shape index (κ3) is 26.8.